The number of fused-ring (bicyclic) bond motifs is 1. The first-order chi connectivity index (χ1) is 15.7. The van der Waals surface area contributed by atoms with Gasteiger partial charge in [-0.3, -0.25) is 14.2 Å². The van der Waals surface area contributed by atoms with Crippen molar-refractivity contribution in [1.29, 1.82) is 0 Å². The maximum Gasteiger partial charge on any atom is 0.261 e. The minimum atomic E-state index is -0.257. The fourth-order valence-electron chi connectivity index (χ4n) is 4.24. The summed E-state index contributed by atoms with van der Waals surface area (Å²) in [5.41, 5.74) is 1.55. The lowest BCUT2D eigenvalue weighted by Crippen LogP contribution is -2.40. The number of carbonyl (C=O) groups is 1. The van der Waals surface area contributed by atoms with Crippen LogP contribution in [0.15, 0.2) is 59.4 Å². The third-order valence-corrected chi connectivity index (χ3v) is 5.89. The molecule has 3 aromatic rings. The van der Waals surface area contributed by atoms with Crippen molar-refractivity contribution in [3.63, 3.8) is 0 Å². The summed E-state index contributed by atoms with van der Waals surface area (Å²) in [7, 11) is 0. The van der Waals surface area contributed by atoms with E-state index in [1.165, 1.54) is 0 Å². The zero-order valence-corrected chi connectivity index (χ0v) is 20.7. The second kappa shape index (κ2) is 10.8. The number of hydrogen-bond acceptors (Lipinski definition) is 3. The van der Waals surface area contributed by atoms with Crippen molar-refractivity contribution in [1.82, 2.24) is 14.5 Å². The Morgan fingerprint density at radius 3 is 2.33 bits per heavy atom. The molecule has 3 rings (SSSR count). The molecular formula is C28H37N3O2. The molecule has 0 aliphatic carbocycles. The summed E-state index contributed by atoms with van der Waals surface area (Å²) >= 11 is 0. The average molecular weight is 448 g/mol. The first-order valence-electron chi connectivity index (χ1n) is 12.1. The number of para-hydroxylation sites is 1. The molecule has 2 aromatic carbocycles. The second-order valence-corrected chi connectivity index (χ2v) is 9.97. The smallest absolute Gasteiger partial charge is 0.261 e. The lowest BCUT2D eigenvalue weighted by atomic mass is 9.91. The van der Waals surface area contributed by atoms with Crippen LogP contribution in [-0.4, -0.2) is 26.9 Å². The zero-order chi connectivity index (χ0) is 24.0. The summed E-state index contributed by atoms with van der Waals surface area (Å²) in [5, 5.41) is 0.605. The van der Waals surface area contributed by atoms with Gasteiger partial charge in [0.1, 0.15) is 5.82 Å². The van der Waals surface area contributed by atoms with Crippen molar-refractivity contribution in [3.8, 4) is 0 Å². The van der Waals surface area contributed by atoms with Crippen LogP contribution in [0.5, 0.6) is 0 Å². The van der Waals surface area contributed by atoms with Gasteiger partial charge in [0.05, 0.1) is 23.5 Å². The summed E-state index contributed by atoms with van der Waals surface area (Å²) in [6.07, 6.45) is 3.07. The fourth-order valence-corrected chi connectivity index (χ4v) is 4.24. The Bertz CT molecular complexity index is 1130. The topological polar surface area (TPSA) is 55.2 Å². The lowest BCUT2D eigenvalue weighted by molar-refractivity contribution is -0.136. The van der Waals surface area contributed by atoms with Crippen LogP contribution in [0, 0.1) is 5.41 Å². The largest absolute Gasteiger partial charge is 0.333 e. The Labute approximate surface area is 197 Å². The molecule has 1 amide bonds. The highest BCUT2D eigenvalue weighted by molar-refractivity contribution is 5.79. The molecule has 176 valence electrons. The van der Waals surface area contributed by atoms with Crippen LogP contribution >= 0.6 is 0 Å². The van der Waals surface area contributed by atoms with E-state index < -0.39 is 0 Å². The van der Waals surface area contributed by atoms with E-state index in [4.69, 9.17) is 4.98 Å². The quantitative estimate of drug-likeness (QED) is 0.407. The van der Waals surface area contributed by atoms with Crippen LogP contribution in [0.4, 0.5) is 0 Å². The lowest BCUT2D eigenvalue weighted by Gasteiger charge is -2.34. The maximum absolute atomic E-state index is 13.6. The molecule has 5 heteroatoms. The first kappa shape index (κ1) is 24.7. The number of hydrogen-bond donors (Lipinski definition) is 0. The standard InChI is InChI=1S/C28H37N3O2/c1-6-8-18-30(25(32)19-28(3,4)5)24(7-2)26-29-23-17-13-12-16-22(23)27(33)31(26)20-21-14-10-9-11-15-21/h9-17,24H,6-8,18-20H2,1-5H3. The summed E-state index contributed by atoms with van der Waals surface area (Å²) in [4.78, 5) is 34.0. The molecule has 0 aliphatic heterocycles. The number of unbranched alkanes of at least 4 members (excludes halogenated alkanes) is 1. The van der Waals surface area contributed by atoms with Crippen molar-refractivity contribution in [2.45, 2.75) is 72.9 Å². The van der Waals surface area contributed by atoms with Crippen molar-refractivity contribution < 1.29 is 4.79 Å². The van der Waals surface area contributed by atoms with Crippen LogP contribution < -0.4 is 5.56 Å². The third kappa shape index (κ3) is 6.10. The summed E-state index contributed by atoms with van der Waals surface area (Å²) in [6.45, 7) is 11.6. The molecule has 0 aliphatic rings. The molecule has 0 fully saturated rings. The number of carbonyl (C=O) groups excluding carboxylic acids is 1. The maximum atomic E-state index is 13.6. The minimum absolute atomic E-state index is 0.0587. The Balaban J connectivity index is 2.16. The predicted molar refractivity (Wildman–Crippen MR) is 135 cm³/mol. The van der Waals surface area contributed by atoms with Crippen molar-refractivity contribution >= 4 is 16.8 Å². The van der Waals surface area contributed by atoms with Crippen LogP contribution in [0.1, 0.15) is 77.7 Å². The van der Waals surface area contributed by atoms with E-state index >= 15 is 0 Å². The summed E-state index contributed by atoms with van der Waals surface area (Å²) < 4.78 is 1.77. The highest BCUT2D eigenvalue weighted by Gasteiger charge is 2.30. The average Bonchev–Trinajstić information content (AvgIpc) is 2.78. The molecule has 0 saturated heterocycles. The molecule has 1 atom stereocenters. The van der Waals surface area contributed by atoms with Gasteiger partial charge in [0.15, 0.2) is 0 Å². The van der Waals surface area contributed by atoms with E-state index in [0.717, 1.165) is 18.4 Å². The first-order valence-corrected chi connectivity index (χ1v) is 12.1. The van der Waals surface area contributed by atoms with Crippen molar-refractivity contribution in [2.75, 3.05) is 6.54 Å². The second-order valence-electron chi connectivity index (χ2n) is 9.97. The number of benzene rings is 2. The van der Waals surface area contributed by atoms with Gasteiger partial charge in [-0.25, -0.2) is 4.98 Å². The van der Waals surface area contributed by atoms with E-state index in [-0.39, 0.29) is 22.9 Å². The van der Waals surface area contributed by atoms with Gasteiger partial charge in [-0.2, -0.15) is 0 Å². The van der Waals surface area contributed by atoms with Gasteiger partial charge >= 0.3 is 0 Å². The number of nitrogens with zero attached hydrogens (tertiary/aromatic N) is 3. The predicted octanol–water partition coefficient (Wildman–Crippen LogP) is 5.96. The van der Waals surface area contributed by atoms with E-state index in [9.17, 15) is 9.59 Å². The van der Waals surface area contributed by atoms with Crippen LogP contribution in [0.2, 0.25) is 0 Å². The molecule has 0 bridgehead atoms. The van der Waals surface area contributed by atoms with Crippen LogP contribution in [-0.2, 0) is 11.3 Å². The Hall–Kier alpha value is -2.95. The molecule has 1 aromatic heterocycles. The van der Waals surface area contributed by atoms with E-state index in [0.29, 0.717) is 42.7 Å². The molecule has 1 unspecified atom stereocenters. The highest BCUT2D eigenvalue weighted by Crippen LogP contribution is 2.28. The van der Waals surface area contributed by atoms with E-state index in [2.05, 4.69) is 34.6 Å². The third-order valence-electron chi connectivity index (χ3n) is 5.89. The van der Waals surface area contributed by atoms with Gasteiger partial charge in [-0.05, 0) is 36.0 Å². The Kier molecular flexibility index (Phi) is 8.06. The zero-order valence-electron chi connectivity index (χ0n) is 20.7. The number of aromatic nitrogens is 2. The highest BCUT2D eigenvalue weighted by atomic mass is 16.2. The Morgan fingerprint density at radius 2 is 1.70 bits per heavy atom. The molecule has 0 radical (unpaired) electrons. The minimum Gasteiger partial charge on any atom is -0.333 e. The summed E-state index contributed by atoms with van der Waals surface area (Å²) in [6, 6.07) is 17.2. The van der Waals surface area contributed by atoms with Crippen LogP contribution in [0.25, 0.3) is 10.9 Å². The van der Waals surface area contributed by atoms with Crippen molar-refractivity contribution in [2.24, 2.45) is 5.41 Å². The van der Waals surface area contributed by atoms with Gasteiger partial charge in [0.2, 0.25) is 5.91 Å². The van der Waals surface area contributed by atoms with Gasteiger partial charge in [-0.15, -0.1) is 0 Å². The fraction of sp³-hybridized carbons (Fsp3) is 0.464. The Morgan fingerprint density at radius 1 is 1.03 bits per heavy atom. The number of amides is 1. The molecule has 0 saturated carbocycles. The van der Waals surface area contributed by atoms with Gasteiger partial charge in [-0.1, -0.05) is 83.5 Å². The van der Waals surface area contributed by atoms with Gasteiger partial charge < -0.3 is 4.90 Å². The normalized spacial score (nSPS) is 12.6. The monoisotopic (exact) mass is 447 g/mol. The number of rotatable bonds is 9. The summed E-state index contributed by atoms with van der Waals surface area (Å²) in [5.74, 6) is 0.792. The SMILES string of the molecule is CCCCN(C(=O)CC(C)(C)C)C(CC)c1nc2ccccc2c(=O)n1Cc1ccccc1. The molecule has 33 heavy (non-hydrogen) atoms. The van der Waals surface area contributed by atoms with Gasteiger partial charge in [0.25, 0.3) is 5.56 Å². The molecule has 5 nitrogen and oxygen atoms in total. The van der Waals surface area contributed by atoms with E-state index in [1.54, 1.807) is 4.57 Å². The van der Waals surface area contributed by atoms with Crippen LogP contribution in [0.3, 0.4) is 0 Å². The van der Waals surface area contributed by atoms with E-state index in [1.807, 2.05) is 59.5 Å². The molecule has 1 heterocycles. The molecular weight excluding hydrogens is 410 g/mol. The molecule has 0 spiro atoms. The molecule has 0 N–H and O–H groups in total. The van der Waals surface area contributed by atoms with Crippen molar-refractivity contribution in [3.05, 3.63) is 76.3 Å². The van der Waals surface area contributed by atoms with Gasteiger partial charge in [0, 0.05) is 13.0 Å².